The molecule has 1 fully saturated rings. The average Bonchev–Trinajstić information content (AvgIpc) is 2.74. The van der Waals surface area contributed by atoms with E-state index in [1.165, 1.54) is 19.3 Å². The number of hydrazone groups is 1. The lowest BCUT2D eigenvalue weighted by Gasteiger charge is -2.22. The fourth-order valence-corrected chi connectivity index (χ4v) is 5.54. The summed E-state index contributed by atoms with van der Waals surface area (Å²) >= 11 is 10.4. The van der Waals surface area contributed by atoms with Crippen LogP contribution in [0.5, 0.6) is 5.75 Å². The topological polar surface area (TPSA) is 62.7 Å². The number of ether oxygens (including phenoxy) is 1. The molecule has 3 rings (SSSR count). The summed E-state index contributed by atoms with van der Waals surface area (Å²) in [7, 11) is 0. The summed E-state index contributed by atoms with van der Waals surface area (Å²) in [6, 6.07) is 12.0. The van der Waals surface area contributed by atoms with E-state index in [1.54, 1.807) is 6.21 Å². The van der Waals surface area contributed by atoms with E-state index < -0.39 is 0 Å². The van der Waals surface area contributed by atoms with Crippen molar-refractivity contribution in [1.82, 2.24) is 10.7 Å². The van der Waals surface area contributed by atoms with E-state index in [9.17, 15) is 4.79 Å². The number of amides is 1. The molecule has 1 aliphatic rings. The summed E-state index contributed by atoms with van der Waals surface area (Å²) in [5.41, 5.74) is 4.56. The first-order valence-electron chi connectivity index (χ1n) is 9.93. The van der Waals surface area contributed by atoms with E-state index in [0.29, 0.717) is 24.2 Å². The zero-order chi connectivity index (χ0) is 21.3. The lowest BCUT2D eigenvalue weighted by atomic mass is 9.95. The Labute approximate surface area is 209 Å². The first-order valence-corrected chi connectivity index (χ1v) is 12.5. The van der Waals surface area contributed by atoms with Crippen LogP contribution in [0.1, 0.15) is 43.2 Å². The summed E-state index contributed by atoms with van der Waals surface area (Å²) < 4.78 is 7.97. The van der Waals surface area contributed by atoms with Gasteiger partial charge in [-0.15, -0.1) is 0 Å². The molecule has 0 bridgehead atoms. The van der Waals surface area contributed by atoms with Crippen molar-refractivity contribution in [3.05, 3.63) is 59.7 Å². The van der Waals surface area contributed by atoms with Crippen LogP contribution < -0.4 is 15.5 Å². The molecular formula is C22H24ClI2N3O2. The third-order valence-electron chi connectivity index (χ3n) is 4.88. The van der Waals surface area contributed by atoms with Crippen LogP contribution in [-0.4, -0.2) is 24.7 Å². The molecule has 30 heavy (non-hydrogen) atoms. The molecule has 1 aliphatic carbocycles. The quantitative estimate of drug-likeness (QED) is 0.225. The maximum atomic E-state index is 12.0. The molecule has 0 unspecified atom stereocenters. The minimum atomic E-state index is -0.121. The Morgan fingerprint density at radius 3 is 2.47 bits per heavy atom. The normalized spacial score (nSPS) is 14.8. The molecule has 1 amide bonds. The van der Waals surface area contributed by atoms with Crippen LogP contribution >= 0.6 is 56.8 Å². The van der Waals surface area contributed by atoms with E-state index in [-0.39, 0.29) is 5.91 Å². The Hall–Kier alpha value is -0.910. The molecule has 2 N–H and O–H groups in total. The molecule has 0 atom stereocenters. The van der Waals surface area contributed by atoms with Gasteiger partial charge in [0.05, 0.1) is 19.9 Å². The average molecular weight is 652 g/mol. The fraction of sp³-hybridized carbons (Fsp3) is 0.364. The molecule has 1 saturated carbocycles. The molecule has 0 spiro atoms. The van der Waals surface area contributed by atoms with Gasteiger partial charge in [-0.05, 0) is 93.4 Å². The molecule has 0 heterocycles. The Morgan fingerprint density at radius 2 is 1.80 bits per heavy atom. The highest BCUT2D eigenvalue weighted by Gasteiger charge is 2.13. The van der Waals surface area contributed by atoms with Crippen LogP contribution in [0, 0.1) is 7.14 Å². The molecule has 2 aromatic rings. The van der Waals surface area contributed by atoms with E-state index in [1.807, 2.05) is 36.4 Å². The lowest BCUT2D eigenvalue weighted by molar-refractivity contribution is -0.120. The largest absolute Gasteiger partial charge is 0.487 e. The van der Waals surface area contributed by atoms with Gasteiger partial charge in [-0.1, -0.05) is 43.0 Å². The zero-order valence-electron chi connectivity index (χ0n) is 16.5. The molecular weight excluding hydrogens is 628 g/mol. The van der Waals surface area contributed by atoms with Gasteiger partial charge < -0.3 is 10.1 Å². The van der Waals surface area contributed by atoms with E-state index in [0.717, 1.165) is 36.9 Å². The van der Waals surface area contributed by atoms with Crippen molar-refractivity contribution in [2.75, 3.05) is 6.54 Å². The van der Waals surface area contributed by atoms with Gasteiger partial charge in [0.2, 0.25) is 0 Å². The van der Waals surface area contributed by atoms with Crippen molar-refractivity contribution >= 4 is 68.9 Å². The van der Waals surface area contributed by atoms with Crippen LogP contribution in [0.4, 0.5) is 0 Å². The minimum absolute atomic E-state index is 0.121. The van der Waals surface area contributed by atoms with Crippen LogP contribution in [0.25, 0.3) is 0 Å². The molecule has 160 valence electrons. The lowest BCUT2D eigenvalue weighted by Crippen LogP contribution is -2.38. The zero-order valence-corrected chi connectivity index (χ0v) is 21.5. The smallest absolute Gasteiger partial charge is 0.254 e. The van der Waals surface area contributed by atoms with E-state index >= 15 is 0 Å². The van der Waals surface area contributed by atoms with Crippen molar-refractivity contribution in [3.8, 4) is 5.75 Å². The maximum absolute atomic E-state index is 12.0. The minimum Gasteiger partial charge on any atom is -0.487 e. The van der Waals surface area contributed by atoms with E-state index in [4.69, 9.17) is 16.3 Å². The predicted molar refractivity (Wildman–Crippen MR) is 138 cm³/mol. The van der Waals surface area contributed by atoms with Gasteiger partial charge in [-0.3, -0.25) is 4.79 Å². The van der Waals surface area contributed by atoms with E-state index in [2.05, 4.69) is 61.0 Å². The summed E-state index contributed by atoms with van der Waals surface area (Å²) in [6.45, 7) is 0.773. The highest BCUT2D eigenvalue weighted by atomic mass is 127. The number of halogens is 3. The van der Waals surface area contributed by atoms with Crippen molar-refractivity contribution in [2.45, 2.75) is 44.8 Å². The van der Waals surface area contributed by atoms with Crippen LogP contribution in [0.2, 0.25) is 5.02 Å². The molecule has 8 heteroatoms. The number of benzene rings is 2. The van der Waals surface area contributed by atoms with Crippen molar-refractivity contribution < 1.29 is 9.53 Å². The van der Waals surface area contributed by atoms with Gasteiger partial charge in [-0.25, -0.2) is 5.43 Å². The Balaban J connectivity index is 1.49. The van der Waals surface area contributed by atoms with Crippen LogP contribution in [-0.2, 0) is 11.4 Å². The standard InChI is InChI=1S/C22H24ClI2N3O2/c23-17-8-6-15(7-9-17)14-30-22-19(24)10-16(11-20(22)25)12-27-28-21(29)13-26-18-4-2-1-3-5-18/h6-12,18,26H,1-5,13-14H2,(H,28,29)/b27-12-. The maximum Gasteiger partial charge on any atom is 0.254 e. The Kier molecular flexibility index (Phi) is 9.66. The third kappa shape index (κ3) is 7.65. The van der Waals surface area contributed by atoms with Gasteiger partial charge in [0.15, 0.2) is 0 Å². The Bertz CT molecular complexity index is 861. The second kappa shape index (κ2) is 12.2. The molecule has 0 saturated heterocycles. The molecule has 0 aromatic heterocycles. The predicted octanol–water partition coefficient (Wildman–Crippen LogP) is 5.50. The molecule has 2 aromatic carbocycles. The van der Waals surface area contributed by atoms with Gasteiger partial charge in [0, 0.05) is 11.1 Å². The molecule has 0 aliphatic heterocycles. The van der Waals surface area contributed by atoms with Crippen molar-refractivity contribution in [2.24, 2.45) is 5.10 Å². The van der Waals surface area contributed by atoms with Gasteiger partial charge in [0.25, 0.3) is 5.91 Å². The number of nitrogens with one attached hydrogen (secondary N) is 2. The number of hydrogen-bond acceptors (Lipinski definition) is 4. The monoisotopic (exact) mass is 651 g/mol. The summed E-state index contributed by atoms with van der Waals surface area (Å²) in [4.78, 5) is 12.0. The number of rotatable bonds is 8. The SMILES string of the molecule is O=C(CNC1CCCCC1)N/N=C\c1cc(I)c(OCc2ccc(Cl)cc2)c(I)c1. The summed E-state index contributed by atoms with van der Waals surface area (Å²) in [5, 5.41) is 8.12. The molecule has 0 radical (unpaired) electrons. The van der Waals surface area contributed by atoms with Crippen molar-refractivity contribution in [1.29, 1.82) is 0 Å². The van der Waals surface area contributed by atoms with Gasteiger partial charge >= 0.3 is 0 Å². The third-order valence-corrected chi connectivity index (χ3v) is 6.73. The number of hydrogen-bond donors (Lipinski definition) is 2. The summed E-state index contributed by atoms with van der Waals surface area (Å²) in [5.74, 6) is 0.716. The summed E-state index contributed by atoms with van der Waals surface area (Å²) in [6.07, 6.45) is 7.75. The number of nitrogens with zero attached hydrogens (tertiary/aromatic N) is 1. The number of carbonyl (C=O) groups excluding carboxylic acids is 1. The number of carbonyl (C=O) groups is 1. The molecule has 5 nitrogen and oxygen atoms in total. The first kappa shape index (κ1) is 23.7. The second-order valence-electron chi connectivity index (χ2n) is 7.24. The first-order chi connectivity index (χ1) is 14.5. The van der Waals surface area contributed by atoms with Gasteiger partial charge in [-0.2, -0.15) is 5.10 Å². The second-order valence-corrected chi connectivity index (χ2v) is 10.00. The van der Waals surface area contributed by atoms with Gasteiger partial charge in [0.1, 0.15) is 12.4 Å². The highest BCUT2D eigenvalue weighted by molar-refractivity contribution is 14.1. The van der Waals surface area contributed by atoms with Crippen molar-refractivity contribution in [3.63, 3.8) is 0 Å². The Morgan fingerprint density at radius 1 is 1.13 bits per heavy atom. The highest BCUT2D eigenvalue weighted by Crippen LogP contribution is 2.29. The fourth-order valence-electron chi connectivity index (χ4n) is 3.29. The van der Waals surface area contributed by atoms with Crippen LogP contribution in [0.3, 0.4) is 0 Å². The van der Waals surface area contributed by atoms with Crippen LogP contribution in [0.15, 0.2) is 41.5 Å².